The van der Waals surface area contributed by atoms with Crippen molar-refractivity contribution in [3.63, 3.8) is 0 Å². The fraction of sp³-hybridized carbons (Fsp3) is 0.143. The fourth-order valence-corrected chi connectivity index (χ4v) is 2.37. The van der Waals surface area contributed by atoms with E-state index in [0.717, 1.165) is 11.8 Å². The number of nitrogens with zero attached hydrogens (tertiary/aromatic N) is 3. The quantitative estimate of drug-likeness (QED) is 0.798. The maximum atomic E-state index is 11.8. The Morgan fingerprint density at radius 2 is 2.18 bits per heavy atom. The molecule has 1 amide bonds. The van der Waals surface area contributed by atoms with Crippen molar-refractivity contribution in [3.8, 4) is 12.1 Å². The summed E-state index contributed by atoms with van der Waals surface area (Å²) in [5, 5.41) is 20.9. The second-order valence-corrected chi connectivity index (χ2v) is 5.11. The summed E-state index contributed by atoms with van der Waals surface area (Å²) >= 11 is 1.08. The fourth-order valence-electron chi connectivity index (χ4n) is 1.57. The Morgan fingerprint density at radius 3 is 2.82 bits per heavy atom. The number of aromatic nitrogens is 1. The third-order valence-corrected chi connectivity index (χ3v) is 3.63. The van der Waals surface area contributed by atoms with Gasteiger partial charge in [-0.05, 0) is 18.2 Å². The Hall–Kier alpha value is -2.97. The van der Waals surface area contributed by atoms with Crippen LogP contribution in [0.2, 0.25) is 0 Å². The van der Waals surface area contributed by atoms with Gasteiger partial charge in [0.15, 0.2) is 0 Å². The molecule has 7 nitrogen and oxygen atoms in total. The number of nitrogens with one attached hydrogen (secondary N) is 1. The summed E-state index contributed by atoms with van der Waals surface area (Å²) in [6, 6.07) is 8.65. The molecule has 0 saturated carbocycles. The summed E-state index contributed by atoms with van der Waals surface area (Å²) in [7, 11) is 0. The molecule has 2 rings (SSSR count). The van der Waals surface area contributed by atoms with Gasteiger partial charge in [-0.25, -0.2) is 4.98 Å². The number of hydrogen-bond donors (Lipinski definition) is 2. The van der Waals surface area contributed by atoms with Crippen molar-refractivity contribution in [3.05, 3.63) is 41.3 Å². The van der Waals surface area contributed by atoms with E-state index in [4.69, 9.17) is 20.7 Å². The first kappa shape index (κ1) is 15.4. The second-order valence-electron chi connectivity index (χ2n) is 4.14. The molecule has 3 N–H and O–H groups in total. The Kier molecular flexibility index (Phi) is 5.02. The number of furan rings is 1. The Bertz CT molecular complexity index is 759. The highest BCUT2D eigenvalue weighted by Crippen LogP contribution is 2.23. The molecule has 8 heteroatoms. The summed E-state index contributed by atoms with van der Waals surface area (Å²) in [5.74, 6) is 0.542. The van der Waals surface area contributed by atoms with E-state index in [1.165, 1.54) is 12.3 Å². The smallest absolute Gasteiger partial charge is 0.230 e. The number of pyridine rings is 1. The van der Waals surface area contributed by atoms with E-state index < -0.39 is 0 Å². The lowest BCUT2D eigenvalue weighted by molar-refractivity contribution is -0.118. The molecule has 0 fully saturated rings. The molecule has 110 valence electrons. The average Bonchev–Trinajstić information content (AvgIpc) is 3.04. The first-order valence-corrected chi connectivity index (χ1v) is 7.15. The zero-order valence-corrected chi connectivity index (χ0v) is 12.2. The van der Waals surface area contributed by atoms with Crippen molar-refractivity contribution in [2.24, 2.45) is 0 Å². The van der Waals surface area contributed by atoms with Crippen molar-refractivity contribution in [2.45, 2.75) is 11.6 Å². The van der Waals surface area contributed by atoms with Crippen molar-refractivity contribution in [1.29, 1.82) is 10.5 Å². The van der Waals surface area contributed by atoms with Crippen LogP contribution in [0, 0.1) is 22.7 Å². The van der Waals surface area contributed by atoms with Gasteiger partial charge < -0.3 is 15.5 Å². The van der Waals surface area contributed by atoms with Crippen LogP contribution in [0.15, 0.2) is 33.9 Å². The number of nitriles is 2. The topological polar surface area (TPSA) is 129 Å². The largest absolute Gasteiger partial charge is 0.467 e. The van der Waals surface area contributed by atoms with Gasteiger partial charge in [-0.1, -0.05) is 11.8 Å². The van der Waals surface area contributed by atoms with Crippen LogP contribution in [0.4, 0.5) is 5.82 Å². The van der Waals surface area contributed by atoms with E-state index in [2.05, 4.69) is 10.3 Å². The van der Waals surface area contributed by atoms with Crippen LogP contribution >= 0.6 is 11.8 Å². The molecule has 0 saturated heterocycles. The normalized spacial score (nSPS) is 9.73. The van der Waals surface area contributed by atoms with Crippen molar-refractivity contribution in [1.82, 2.24) is 10.3 Å². The maximum Gasteiger partial charge on any atom is 0.230 e. The first-order chi connectivity index (χ1) is 10.6. The molecule has 22 heavy (non-hydrogen) atoms. The highest BCUT2D eigenvalue weighted by molar-refractivity contribution is 8.00. The van der Waals surface area contributed by atoms with Gasteiger partial charge in [0.1, 0.15) is 28.7 Å². The van der Waals surface area contributed by atoms with Gasteiger partial charge in [0.2, 0.25) is 5.91 Å². The van der Waals surface area contributed by atoms with E-state index in [0.29, 0.717) is 17.3 Å². The van der Waals surface area contributed by atoms with E-state index in [9.17, 15) is 4.79 Å². The van der Waals surface area contributed by atoms with Crippen LogP contribution in [0.3, 0.4) is 0 Å². The minimum atomic E-state index is -0.227. The monoisotopic (exact) mass is 313 g/mol. The number of amides is 1. The van der Waals surface area contributed by atoms with E-state index in [1.807, 2.05) is 12.1 Å². The van der Waals surface area contributed by atoms with Gasteiger partial charge in [0.05, 0.1) is 29.7 Å². The summed E-state index contributed by atoms with van der Waals surface area (Å²) < 4.78 is 5.10. The highest BCUT2D eigenvalue weighted by atomic mass is 32.2. The van der Waals surface area contributed by atoms with Crippen LogP contribution in [0.25, 0.3) is 0 Å². The molecule has 2 aromatic rings. The Balaban J connectivity index is 1.96. The molecule has 0 bridgehead atoms. The van der Waals surface area contributed by atoms with E-state index >= 15 is 0 Å². The molecule has 0 radical (unpaired) electrons. The van der Waals surface area contributed by atoms with Crippen LogP contribution < -0.4 is 11.1 Å². The number of nitrogen functional groups attached to an aromatic ring is 1. The predicted octanol–water partition coefficient (Wildman–Crippen LogP) is 1.41. The number of hydrogen-bond acceptors (Lipinski definition) is 7. The molecule has 0 unspecified atom stereocenters. The third-order valence-electron chi connectivity index (χ3n) is 2.64. The SMILES string of the molecule is N#Cc1cc(C#N)c(SCC(=O)NCc2ccco2)nc1N. The molecule has 0 aliphatic rings. The lowest BCUT2D eigenvalue weighted by Crippen LogP contribution is -2.24. The number of carbonyl (C=O) groups excluding carboxylic acids is 1. The van der Waals surface area contributed by atoms with Gasteiger partial charge in [-0.2, -0.15) is 10.5 Å². The lowest BCUT2D eigenvalue weighted by Gasteiger charge is -2.06. The summed E-state index contributed by atoms with van der Waals surface area (Å²) in [6.45, 7) is 0.292. The Labute approximate surface area is 130 Å². The van der Waals surface area contributed by atoms with Crippen LogP contribution in [0.5, 0.6) is 0 Å². The molecule has 0 spiro atoms. The number of thioether (sulfide) groups is 1. The number of nitrogens with two attached hydrogens (primary N) is 1. The van der Waals surface area contributed by atoms with E-state index in [1.54, 1.807) is 12.1 Å². The molecule has 0 aliphatic heterocycles. The van der Waals surface area contributed by atoms with Gasteiger partial charge >= 0.3 is 0 Å². The predicted molar refractivity (Wildman–Crippen MR) is 79.4 cm³/mol. The third kappa shape index (κ3) is 3.78. The molecular weight excluding hydrogens is 302 g/mol. The zero-order valence-electron chi connectivity index (χ0n) is 11.4. The Morgan fingerprint density at radius 1 is 1.41 bits per heavy atom. The number of rotatable bonds is 5. The second kappa shape index (κ2) is 7.16. The molecule has 2 aromatic heterocycles. The van der Waals surface area contributed by atoms with Crippen molar-refractivity contribution < 1.29 is 9.21 Å². The molecule has 0 atom stereocenters. The van der Waals surface area contributed by atoms with Crippen LogP contribution in [-0.4, -0.2) is 16.6 Å². The van der Waals surface area contributed by atoms with Gasteiger partial charge in [0, 0.05) is 0 Å². The van der Waals surface area contributed by atoms with Crippen molar-refractivity contribution >= 4 is 23.5 Å². The van der Waals surface area contributed by atoms with Gasteiger partial charge in [-0.15, -0.1) is 0 Å². The first-order valence-electron chi connectivity index (χ1n) is 6.16. The molecule has 0 aliphatic carbocycles. The molecule has 2 heterocycles. The standard InChI is InChI=1S/C14H11N5O2S/c15-5-9-4-10(6-16)14(19-13(9)17)22-8-12(20)18-7-11-2-1-3-21-11/h1-4H,7-8H2,(H2,17,19)(H,18,20). The summed E-state index contributed by atoms with van der Waals surface area (Å²) in [4.78, 5) is 15.7. The van der Waals surface area contributed by atoms with Crippen molar-refractivity contribution in [2.75, 3.05) is 11.5 Å². The van der Waals surface area contributed by atoms with E-state index in [-0.39, 0.29) is 28.6 Å². The molecule has 0 aromatic carbocycles. The number of anilines is 1. The minimum Gasteiger partial charge on any atom is -0.467 e. The highest BCUT2D eigenvalue weighted by Gasteiger charge is 2.12. The average molecular weight is 313 g/mol. The summed E-state index contributed by atoms with van der Waals surface area (Å²) in [5.41, 5.74) is 5.97. The zero-order chi connectivity index (χ0) is 15.9. The van der Waals surface area contributed by atoms with Crippen LogP contribution in [-0.2, 0) is 11.3 Å². The summed E-state index contributed by atoms with van der Waals surface area (Å²) in [6.07, 6.45) is 1.53. The number of carbonyl (C=O) groups is 1. The molecular formula is C14H11N5O2S. The maximum absolute atomic E-state index is 11.8. The van der Waals surface area contributed by atoms with Gasteiger partial charge in [0.25, 0.3) is 0 Å². The lowest BCUT2D eigenvalue weighted by atomic mass is 10.2. The van der Waals surface area contributed by atoms with Crippen LogP contribution in [0.1, 0.15) is 16.9 Å². The van der Waals surface area contributed by atoms with Gasteiger partial charge in [-0.3, -0.25) is 4.79 Å². The minimum absolute atomic E-state index is 0.0417.